The fourth-order valence-electron chi connectivity index (χ4n) is 4.71. The molecule has 2 saturated heterocycles. The first-order valence-corrected chi connectivity index (χ1v) is 14.4. The number of nitrogens with zero attached hydrogens (tertiary/aromatic N) is 3. The Bertz CT molecular complexity index is 1350. The van der Waals surface area contributed by atoms with Crippen molar-refractivity contribution in [3.63, 3.8) is 0 Å². The summed E-state index contributed by atoms with van der Waals surface area (Å²) in [5, 5.41) is 10.5. The van der Waals surface area contributed by atoms with Gasteiger partial charge in [0.1, 0.15) is 13.2 Å². The molecule has 2 aliphatic heterocycles. The number of imide groups is 1. The molecule has 2 aromatic carbocycles. The summed E-state index contributed by atoms with van der Waals surface area (Å²) in [6, 6.07) is 9.68. The van der Waals surface area contributed by atoms with Crippen LogP contribution in [0.1, 0.15) is 49.3 Å². The molecule has 0 atom stereocenters. The third kappa shape index (κ3) is 7.55. The van der Waals surface area contributed by atoms with E-state index in [1.54, 1.807) is 35.3 Å². The minimum atomic E-state index is -0.495. The SMILES string of the molecule is C=CCc1cc(C=C2SC(=O)N(CC(=O)N3CCCCCC3)C2=O)cc(OCC)c1OCc1ccc([N+](=O)[O-])cc1. The van der Waals surface area contributed by atoms with Gasteiger partial charge in [-0.05, 0) is 79.4 Å². The third-order valence-electron chi connectivity index (χ3n) is 6.77. The smallest absolute Gasteiger partial charge is 0.294 e. The molecular weight excluding hydrogens is 546 g/mol. The lowest BCUT2D eigenvalue weighted by molar-refractivity contribution is -0.384. The molecule has 4 rings (SSSR count). The van der Waals surface area contributed by atoms with Gasteiger partial charge >= 0.3 is 0 Å². The van der Waals surface area contributed by atoms with Crippen molar-refractivity contribution < 1.29 is 28.8 Å². The molecule has 0 aromatic heterocycles. The lowest BCUT2D eigenvalue weighted by Crippen LogP contribution is -2.42. The Morgan fingerprint density at radius 2 is 1.80 bits per heavy atom. The third-order valence-corrected chi connectivity index (χ3v) is 7.68. The van der Waals surface area contributed by atoms with Crippen LogP contribution in [0, 0.1) is 10.1 Å². The average molecular weight is 580 g/mol. The zero-order valence-corrected chi connectivity index (χ0v) is 23.8. The Morgan fingerprint density at radius 3 is 2.44 bits per heavy atom. The van der Waals surface area contributed by atoms with Gasteiger partial charge in [-0.25, -0.2) is 0 Å². The molecule has 2 heterocycles. The lowest BCUT2D eigenvalue weighted by atomic mass is 10.0. The largest absolute Gasteiger partial charge is 0.490 e. The second-order valence-electron chi connectivity index (χ2n) is 9.71. The van der Waals surface area contributed by atoms with Crippen molar-refractivity contribution in [1.82, 2.24) is 9.80 Å². The molecule has 2 aromatic rings. The molecule has 216 valence electrons. The molecule has 3 amide bonds. The minimum Gasteiger partial charge on any atom is -0.490 e. The number of allylic oxidation sites excluding steroid dienone is 1. The molecule has 0 radical (unpaired) electrons. The van der Waals surface area contributed by atoms with Crippen LogP contribution in [-0.2, 0) is 22.6 Å². The molecule has 0 unspecified atom stereocenters. The topological polar surface area (TPSA) is 119 Å². The second kappa shape index (κ2) is 14.0. The summed E-state index contributed by atoms with van der Waals surface area (Å²) in [5.74, 6) is 0.246. The highest BCUT2D eigenvalue weighted by Gasteiger charge is 2.37. The number of hydrogen-bond acceptors (Lipinski definition) is 8. The van der Waals surface area contributed by atoms with Gasteiger partial charge < -0.3 is 14.4 Å². The summed E-state index contributed by atoms with van der Waals surface area (Å²) in [6.45, 7) is 7.23. The fourth-order valence-corrected chi connectivity index (χ4v) is 5.55. The van der Waals surface area contributed by atoms with Gasteiger partial charge in [-0.3, -0.25) is 29.4 Å². The van der Waals surface area contributed by atoms with Crippen LogP contribution in [0.5, 0.6) is 11.5 Å². The van der Waals surface area contributed by atoms with E-state index in [0.29, 0.717) is 43.2 Å². The van der Waals surface area contributed by atoms with E-state index < -0.39 is 16.1 Å². The lowest BCUT2D eigenvalue weighted by Gasteiger charge is -2.22. The first-order valence-electron chi connectivity index (χ1n) is 13.6. The van der Waals surface area contributed by atoms with E-state index in [0.717, 1.165) is 53.5 Å². The molecule has 2 fully saturated rings. The van der Waals surface area contributed by atoms with Crippen LogP contribution >= 0.6 is 11.8 Å². The second-order valence-corrected chi connectivity index (χ2v) is 10.7. The number of likely N-dealkylation sites (tertiary alicyclic amines) is 1. The normalized spacial score (nSPS) is 16.6. The van der Waals surface area contributed by atoms with Crippen molar-refractivity contribution in [2.24, 2.45) is 0 Å². The molecule has 0 bridgehead atoms. The number of thioether (sulfide) groups is 1. The van der Waals surface area contributed by atoms with Crippen molar-refractivity contribution in [3.05, 3.63) is 80.8 Å². The highest BCUT2D eigenvalue weighted by Crippen LogP contribution is 2.38. The number of amides is 3. The van der Waals surface area contributed by atoms with Gasteiger partial charge in [0, 0.05) is 30.8 Å². The van der Waals surface area contributed by atoms with Crippen LogP contribution in [0.25, 0.3) is 6.08 Å². The predicted molar refractivity (Wildman–Crippen MR) is 157 cm³/mol. The highest BCUT2D eigenvalue weighted by atomic mass is 32.2. The van der Waals surface area contributed by atoms with E-state index in [4.69, 9.17) is 9.47 Å². The number of benzene rings is 2. The van der Waals surface area contributed by atoms with Crippen molar-refractivity contribution >= 4 is 40.6 Å². The van der Waals surface area contributed by atoms with E-state index in [-0.39, 0.29) is 29.7 Å². The van der Waals surface area contributed by atoms with E-state index >= 15 is 0 Å². The van der Waals surface area contributed by atoms with Gasteiger partial charge in [0.25, 0.3) is 16.8 Å². The fraction of sp³-hybridized carbons (Fsp3) is 0.367. The maximum Gasteiger partial charge on any atom is 0.294 e. The molecule has 2 aliphatic rings. The Balaban J connectivity index is 1.54. The average Bonchev–Trinajstić information content (AvgIpc) is 3.12. The Labute approximate surface area is 243 Å². The van der Waals surface area contributed by atoms with Crippen LogP contribution in [-0.4, -0.2) is 58.0 Å². The first kappa shape index (κ1) is 29.9. The molecular formula is C30H33N3O7S. The summed E-state index contributed by atoms with van der Waals surface area (Å²) in [5.41, 5.74) is 2.14. The van der Waals surface area contributed by atoms with Crippen LogP contribution in [0.2, 0.25) is 0 Å². The van der Waals surface area contributed by atoms with Crippen molar-refractivity contribution in [2.75, 3.05) is 26.2 Å². The number of rotatable bonds is 11. The van der Waals surface area contributed by atoms with E-state index in [1.165, 1.54) is 12.1 Å². The number of carbonyl (C=O) groups is 3. The van der Waals surface area contributed by atoms with E-state index in [9.17, 15) is 24.5 Å². The first-order chi connectivity index (χ1) is 19.8. The monoisotopic (exact) mass is 579 g/mol. The standard InChI is InChI=1S/C30H33N3O7S/c1-3-9-23-16-22(17-25(39-4-2)28(23)40-20-21-10-12-24(13-11-21)33(37)38)18-26-29(35)32(30(36)41-26)19-27(34)31-14-7-5-6-8-15-31/h3,10-13,16-18H,1,4-9,14-15,19-20H2,2H3. The summed E-state index contributed by atoms with van der Waals surface area (Å²) in [6.07, 6.45) is 7.79. The van der Waals surface area contributed by atoms with Gasteiger partial charge in [0.15, 0.2) is 11.5 Å². The number of carbonyl (C=O) groups excluding carboxylic acids is 3. The molecule has 0 aliphatic carbocycles. The molecule has 0 N–H and O–H groups in total. The van der Waals surface area contributed by atoms with Gasteiger partial charge in [-0.2, -0.15) is 0 Å². The van der Waals surface area contributed by atoms with Crippen LogP contribution in [0.3, 0.4) is 0 Å². The van der Waals surface area contributed by atoms with Gasteiger partial charge in [0.05, 0.1) is 16.4 Å². The van der Waals surface area contributed by atoms with Gasteiger partial charge in [0.2, 0.25) is 5.91 Å². The Kier molecular flexibility index (Phi) is 10.2. The maximum atomic E-state index is 13.2. The zero-order valence-electron chi connectivity index (χ0n) is 23.0. The molecule has 0 saturated carbocycles. The van der Waals surface area contributed by atoms with Crippen LogP contribution in [0.15, 0.2) is 54.0 Å². The number of non-ortho nitro benzene ring substituents is 1. The van der Waals surface area contributed by atoms with Crippen LogP contribution in [0.4, 0.5) is 10.5 Å². The number of hydrogen-bond donors (Lipinski definition) is 0. The Hall–Kier alpha value is -4.12. The van der Waals surface area contributed by atoms with Crippen molar-refractivity contribution in [1.29, 1.82) is 0 Å². The molecule has 41 heavy (non-hydrogen) atoms. The highest BCUT2D eigenvalue weighted by molar-refractivity contribution is 8.18. The minimum absolute atomic E-state index is 0.00354. The summed E-state index contributed by atoms with van der Waals surface area (Å²) < 4.78 is 12.0. The van der Waals surface area contributed by atoms with Gasteiger partial charge in [-0.15, -0.1) is 6.58 Å². The number of nitro groups is 1. The van der Waals surface area contributed by atoms with Gasteiger partial charge in [-0.1, -0.05) is 18.9 Å². The summed E-state index contributed by atoms with van der Waals surface area (Å²) >= 11 is 0.810. The number of nitro benzene ring substituents is 1. The predicted octanol–water partition coefficient (Wildman–Crippen LogP) is 5.74. The molecule has 0 spiro atoms. The van der Waals surface area contributed by atoms with E-state index in [2.05, 4.69) is 6.58 Å². The van der Waals surface area contributed by atoms with Crippen LogP contribution < -0.4 is 9.47 Å². The molecule has 11 heteroatoms. The zero-order chi connectivity index (χ0) is 29.4. The van der Waals surface area contributed by atoms with Crippen molar-refractivity contribution in [3.8, 4) is 11.5 Å². The molecule has 10 nitrogen and oxygen atoms in total. The Morgan fingerprint density at radius 1 is 1.10 bits per heavy atom. The van der Waals surface area contributed by atoms with E-state index in [1.807, 2.05) is 13.0 Å². The quantitative estimate of drug-likeness (QED) is 0.143. The summed E-state index contributed by atoms with van der Waals surface area (Å²) in [4.78, 5) is 52.1. The maximum absolute atomic E-state index is 13.2. The van der Waals surface area contributed by atoms with Crippen molar-refractivity contribution in [2.45, 2.75) is 45.6 Å². The summed E-state index contributed by atoms with van der Waals surface area (Å²) in [7, 11) is 0. The number of ether oxygens (including phenoxy) is 2.